The topological polar surface area (TPSA) is 42.9 Å². The van der Waals surface area contributed by atoms with Gasteiger partial charge in [0.2, 0.25) is 0 Å². The van der Waals surface area contributed by atoms with E-state index < -0.39 is 5.41 Å². The number of rotatable bonds is 6. The van der Waals surface area contributed by atoms with Crippen LogP contribution in [0.5, 0.6) is 5.75 Å². The first-order chi connectivity index (χ1) is 18.7. The third-order valence-corrected chi connectivity index (χ3v) is 9.06. The summed E-state index contributed by atoms with van der Waals surface area (Å²) in [6, 6.07) is 18.7. The van der Waals surface area contributed by atoms with E-state index in [9.17, 15) is 0 Å². The number of nitrogens with one attached hydrogen (secondary N) is 1. The van der Waals surface area contributed by atoms with Crippen molar-refractivity contribution in [3.63, 3.8) is 0 Å². The van der Waals surface area contributed by atoms with Crippen molar-refractivity contribution in [2.24, 2.45) is 10.4 Å². The summed E-state index contributed by atoms with van der Waals surface area (Å²) in [4.78, 5) is 4.98. The number of ether oxygens (including phenoxy) is 2. The minimum atomic E-state index is -0.469. The predicted octanol–water partition coefficient (Wildman–Crippen LogP) is 8.22. The van der Waals surface area contributed by atoms with Crippen molar-refractivity contribution < 1.29 is 9.47 Å². The molecule has 0 aliphatic carbocycles. The van der Waals surface area contributed by atoms with E-state index in [-0.39, 0.29) is 17.4 Å². The van der Waals surface area contributed by atoms with Gasteiger partial charge < -0.3 is 14.8 Å². The average Bonchev–Trinajstić information content (AvgIpc) is 3.26. The largest absolute Gasteiger partial charge is 0.493 e. The minimum absolute atomic E-state index is 0.0364. The number of hydrogen-bond donors (Lipinski definition) is 1. The van der Waals surface area contributed by atoms with E-state index in [1.54, 1.807) is 0 Å². The number of fused-ring (bicyclic) bond motifs is 2. The highest BCUT2D eigenvalue weighted by molar-refractivity contribution is 6.31. The summed E-state index contributed by atoms with van der Waals surface area (Å²) in [5, 5.41) is 5.28. The Bertz CT molecular complexity index is 1480. The number of hydrogen-bond acceptors (Lipinski definition) is 4. The summed E-state index contributed by atoms with van der Waals surface area (Å²) in [5.41, 5.74) is 7.35. The molecule has 1 spiro atoms. The van der Waals surface area contributed by atoms with Crippen LogP contribution in [0.15, 0.2) is 66.2 Å². The van der Waals surface area contributed by atoms with Crippen LogP contribution in [0, 0.1) is 12.3 Å². The van der Waals surface area contributed by atoms with Crippen molar-refractivity contribution >= 4 is 40.7 Å². The quantitative estimate of drug-likeness (QED) is 0.330. The van der Waals surface area contributed by atoms with Crippen LogP contribution in [-0.2, 0) is 10.2 Å². The molecule has 0 amide bonds. The lowest BCUT2D eigenvalue weighted by Crippen LogP contribution is -2.51. The number of nitrogens with zero attached hydrogens (tertiary/aromatic N) is 1. The molecular formula is C33H34Cl2N2O2. The molecule has 3 atom stereocenters. The van der Waals surface area contributed by atoms with Gasteiger partial charge >= 0.3 is 0 Å². The monoisotopic (exact) mass is 560 g/mol. The van der Waals surface area contributed by atoms with Crippen LogP contribution in [0.1, 0.15) is 60.0 Å². The predicted molar refractivity (Wildman–Crippen MR) is 161 cm³/mol. The maximum Gasteiger partial charge on any atom is 0.122 e. The molecule has 3 aliphatic heterocycles. The molecule has 3 aromatic rings. The summed E-state index contributed by atoms with van der Waals surface area (Å²) >= 11 is 13.0. The first kappa shape index (κ1) is 26.6. The Kier molecular flexibility index (Phi) is 6.87. The van der Waals surface area contributed by atoms with Gasteiger partial charge in [0.25, 0.3) is 0 Å². The normalized spacial score (nSPS) is 24.8. The van der Waals surface area contributed by atoms with Crippen LogP contribution >= 0.6 is 23.2 Å². The molecule has 6 heteroatoms. The van der Waals surface area contributed by atoms with Gasteiger partial charge in [-0.1, -0.05) is 60.5 Å². The molecular weight excluding hydrogens is 527 g/mol. The van der Waals surface area contributed by atoms with Crippen LogP contribution in [-0.4, -0.2) is 32.6 Å². The lowest BCUT2D eigenvalue weighted by molar-refractivity contribution is -0.120. The average molecular weight is 562 g/mol. The van der Waals surface area contributed by atoms with Gasteiger partial charge in [-0.25, -0.2) is 0 Å². The van der Waals surface area contributed by atoms with Gasteiger partial charge in [-0.15, -0.1) is 0 Å². The molecule has 0 aromatic heterocycles. The van der Waals surface area contributed by atoms with Crippen LogP contribution in [0.25, 0.3) is 5.57 Å². The number of aliphatic imine (C=N–C) groups is 1. The Labute approximate surface area is 241 Å². The van der Waals surface area contributed by atoms with Gasteiger partial charge in [-0.2, -0.15) is 0 Å². The standard InChI is InChI=1S/C33H34Cl2N2O2/c1-20(2)22-6-10-30(39-19-32(4)17-38-18-32)26(13-22)27-11-12-36-31(25-14-23(34)7-5-21(25)3)33(27)16-37-29-15-24(35)8-9-28(29)33/h5-10,13-16,27,31,36H,1,11-12,17-19H2,2-4H3/t27-,31-,33+/m0/s1. The van der Waals surface area contributed by atoms with Crippen molar-refractivity contribution in [2.45, 2.75) is 44.6 Å². The highest BCUT2D eigenvalue weighted by atomic mass is 35.5. The number of aryl methyl sites for hydroxylation is 1. The van der Waals surface area contributed by atoms with Crippen molar-refractivity contribution in [3.8, 4) is 5.75 Å². The Balaban J connectivity index is 1.54. The summed E-state index contributed by atoms with van der Waals surface area (Å²) in [5.74, 6) is 1.00. The molecule has 202 valence electrons. The SMILES string of the molecule is C=C(C)c1ccc(OCC2(C)COC2)c([C@@H]2CCN[C@@H](c3cc(Cl)ccc3C)[C@]23C=Nc2cc(Cl)ccc23)c1. The van der Waals surface area contributed by atoms with Crippen LogP contribution in [0.3, 0.4) is 0 Å². The lowest BCUT2D eigenvalue weighted by Gasteiger charge is -2.48. The van der Waals surface area contributed by atoms with Crippen molar-refractivity contribution in [2.75, 3.05) is 26.4 Å². The Morgan fingerprint density at radius 2 is 1.85 bits per heavy atom. The first-order valence-corrected chi connectivity index (χ1v) is 14.3. The zero-order chi connectivity index (χ0) is 27.4. The first-order valence-electron chi connectivity index (χ1n) is 13.6. The zero-order valence-electron chi connectivity index (χ0n) is 22.7. The molecule has 3 aromatic carbocycles. The number of benzene rings is 3. The fourth-order valence-electron chi connectivity index (χ4n) is 6.42. The molecule has 4 nitrogen and oxygen atoms in total. The van der Waals surface area contributed by atoms with Gasteiger partial charge in [0, 0.05) is 33.6 Å². The zero-order valence-corrected chi connectivity index (χ0v) is 24.2. The maximum atomic E-state index is 6.61. The molecule has 0 bridgehead atoms. The fraction of sp³-hybridized carbons (Fsp3) is 0.364. The summed E-state index contributed by atoms with van der Waals surface area (Å²) < 4.78 is 12.1. The number of allylic oxidation sites excluding steroid dienone is 1. The summed E-state index contributed by atoms with van der Waals surface area (Å²) in [7, 11) is 0. The molecule has 6 rings (SSSR count). The Hall–Kier alpha value is -2.63. The van der Waals surface area contributed by atoms with E-state index in [1.165, 1.54) is 22.3 Å². The van der Waals surface area contributed by atoms with Crippen LogP contribution in [0.2, 0.25) is 10.0 Å². The highest BCUT2D eigenvalue weighted by Gasteiger charge is 2.53. The molecule has 39 heavy (non-hydrogen) atoms. The lowest BCUT2D eigenvalue weighted by atomic mass is 9.59. The molecule has 2 saturated heterocycles. The third-order valence-electron chi connectivity index (χ3n) is 8.59. The second-order valence-corrected chi connectivity index (χ2v) is 12.6. The molecule has 3 aliphatic rings. The van der Waals surface area contributed by atoms with Gasteiger partial charge in [0.05, 0.1) is 30.9 Å². The summed E-state index contributed by atoms with van der Waals surface area (Å²) in [6.07, 6.45) is 3.06. The van der Waals surface area contributed by atoms with Gasteiger partial charge in [-0.3, -0.25) is 4.99 Å². The van der Waals surface area contributed by atoms with Crippen molar-refractivity contribution in [3.05, 3.63) is 99.0 Å². The van der Waals surface area contributed by atoms with Crippen molar-refractivity contribution in [1.82, 2.24) is 5.32 Å². The Morgan fingerprint density at radius 1 is 1.08 bits per heavy atom. The van der Waals surface area contributed by atoms with E-state index in [1.807, 2.05) is 18.2 Å². The van der Waals surface area contributed by atoms with Crippen LogP contribution < -0.4 is 10.1 Å². The molecule has 0 radical (unpaired) electrons. The number of piperidine rings is 1. The van der Waals surface area contributed by atoms with Crippen molar-refractivity contribution in [1.29, 1.82) is 0 Å². The van der Waals surface area contributed by atoms with E-state index in [0.717, 1.165) is 53.8 Å². The summed E-state index contributed by atoms with van der Waals surface area (Å²) in [6.45, 7) is 13.6. The van der Waals surface area contributed by atoms with E-state index in [2.05, 4.69) is 75.3 Å². The highest BCUT2D eigenvalue weighted by Crippen LogP contribution is 2.58. The van der Waals surface area contributed by atoms with E-state index >= 15 is 0 Å². The molecule has 2 fully saturated rings. The van der Waals surface area contributed by atoms with Gasteiger partial charge in [0.1, 0.15) is 5.75 Å². The fourth-order valence-corrected chi connectivity index (χ4v) is 6.77. The smallest absolute Gasteiger partial charge is 0.122 e. The minimum Gasteiger partial charge on any atom is -0.493 e. The van der Waals surface area contributed by atoms with Gasteiger partial charge in [0.15, 0.2) is 0 Å². The van der Waals surface area contributed by atoms with Crippen LogP contribution in [0.4, 0.5) is 5.69 Å². The second kappa shape index (κ2) is 10.1. The Morgan fingerprint density at radius 3 is 2.59 bits per heavy atom. The van der Waals surface area contributed by atoms with Gasteiger partial charge in [-0.05, 0) is 91.0 Å². The maximum absolute atomic E-state index is 6.61. The molecule has 0 unspecified atom stereocenters. The molecule has 0 saturated carbocycles. The molecule has 3 heterocycles. The number of halogens is 2. The van der Waals surface area contributed by atoms with E-state index in [0.29, 0.717) is 11.6 Å². The second-order valence-electron chi connectivity index (χ2n) is 11.7. The van der Waals surface area contributed by atoms with E-state index in [4.69, 9.17) is 37.7 Å². The molecule has 1 N–H and O–H groups in total. The third kappa shape index (κ3) is 4.62.